The van der Waals surface area contributed by atoms with Crippen molar-refractivity contribution in [2.24, 2.45) is 0 Å². The maximum Gasteiger partial charge on any atom is 0.254 e. The summed E-state index contributed by atoms with van der Waals surface area (Å²) in [6.07, 6.45) is 4.16. The number of benzene rings is 1. The molecule has 6 nitrogen and oxygen atoms in total. The van der Waals surface area contributed by atoms with Crippen molar-refractivity contribution in [1.29, 1.82) is 0 Å². The first-order chi connectivity index (χ1) is 12.2. The molecule has 132 valence electrons. The van der Waals surface area contributed by atoms with E-state index in [-0.39, 0.29) is 11.9 Å². The monoisotopic (exact) mass is 341 g/mol. The predicted octanol–water partition coefficient (Wildman–Crippen LogP) is 2.58. The summed E-state index contributed by atoms with van der Waals surface area (Å²) in [5.74, 6) is 0.773. The van der Waals surface area contributed by atoms with Crippen LogP contribution in [0, 0.1) is 0 Å². The van der Waals surface area contributed by atoms with Crippen LogP contribution in [0.2, 0.25) is 0 Å². The van der Waals surface area contributed by atoms with Crippen LogP contribution in [0.25, 0.3) is 0 Å². The number of piperidine rings is 1. The standard InChI is InChI=1S/C19H23N3O3/c1-21-10-8-17(9-11-21)22(13-18-3-2-12-25-18)19(24)15-4-6-16(7-5-15)20-14-23/h2-7,12,14,17H,8-11,13H2,1H3,(H,20,23). The molecule has 0 unspecified atom stereocenters. The summed E-state index contributed by atoms with van der Waals surface area (Å²) in [7, 11) is 2.10. The lowest BCUT2D eigenvalue weighted by molar-refractivity contribution is -0.105. The van der Waals surface area contributed by atoms with E-state index in [0.29, 0.717) is 24.2 Å². The maximum absolute atomic E-state index is 13.1. The molecule has 0 radical (unpaired) electrons. The van der Waals surface area contributed by atoms with Gasteiger partial charge in [0.25, 0.3) is 5.91 Å². The summed E-state index contributed by atoms with van der Waals surface area (Å²) in [6.45, 7) is 2.43. The van der Waals surface area contributed by atoms with Gasteiger partial charge in [0.1, 0.15) is 5.76 Å². The second kappa shape index (κ2) is 7.98. The third-order valence-corrected chi connectivity index (χ3v) is 4.65. The lowest BCUT2D eigenvalue weighted by Gasteiger charge is -2.37. The Morgan fingerprint density at radius 3 is 2.60 bits per heavy atom. The number of carbonyl (C=O) groups is 2. The highest BCUT2D eigenvalue weighted by Gasteiger charge is 2.28. The smallest absolute Gasteiger partial charge is 0.254 e. The number of likely N-dealkylation sites (tertiary alicyclic amines) is 1. The molecule has 0 saturated carbocycles. The van der Waals surface area contributed by atoms with Gasteiger partial charge in [-0.1, -0.05) is 0 Å². The number of rotatable bonds is 6. The van der Waals surface area contributed by atoms with Crippen molar-refractivity contribution in [2.45, 2.75) is 25.4 Å². The molecule has 1 aliphatic rings. The van der Waals surface area contributed by atoms with Gasteiger partial charge in [0, 0.05) is 17.3 Å². The van der Waals surface area contributed by atoms with Gasteiger partial charge in [0.15, 0.2) is 0 Å². The molecule has 25 heavy (non-hydrogen) atoms. The summed E-state index contributed by atoms with van der Waals surface area (Å²) in [6, 6.07) is 10.9. The molecule has 3 rings (SSSR count). The van der Waals surface area contributed by atoms with E-state index in [1.807, 2.05) is 17.0 Å². The first-order valence-electron chi connectivity index (χ1n) is 8.49. The van der Waals surface area contributed by atoms with Crippen LogP contribution in [0.15, 0.2) is 47.1 Å². The first-order valence-corrected chi connectivity index (χ1v) is 8.49. The lowest BCUT2D eigenvalue weighted by Crippen LogP contribution is -2.46. The normalized spacial score (nSPS) is 15.7. The van der Waals surface area contributed by atoms with E-state index >= 15 is 0 Å². The minimum absolute atomic E-state index is 0.0105. The van der Waals surface area contributed by atoms with Crippen molar-refractivity contribution in [2.75, 3.05) is 25.5 Å². The third-order valence-electron chi connectivity index (χ3n) is 4.65. The SMILES string of the molecule is CN1CCC(N(Cc2ccco2)C(=O)c2ccc(NC=O)cc2)CC1. The number of nitrogens with zero attached hydrogens (tertiary/aromatic N) is 2. The number of hydrogen-bond acceptors (Lipinski definition) is 4. The molecule has 0 bridgehead atoms. The number of nitrogens with one attached hydrogen (secondary N) is 1. The highest BCUT2D eigenvalue weighted by atomic mass is 16.3. The van der Waals surface area contributed by atoms with E-state index in [4.69, 9.17) is 4.42 Å². The zero-order chi connectivity index (χ0) is 17.6. The quantitative estimate of drug-likeness (QED) is 0.820. The van der Waals surface area contributed by atoms with Crippen molar-refractivity contribution in [3.63, 3.8) is 0 Å². The molecule has 1 aliphatic heterocycles. The minimum atomic E-state index is -0.0105. The number of anilines is 1. The molecule has 1 fully saturated rings. The summed E-state index contributed by atoms with van der Waals surface area (Å²) in [5, 5.41) is 2.58. The summed E-state index contributed by atoms with van der Waals surface area (Å²) < 4.78 is 5.46. The van der Waals surface area contributed by atoms with Gasteiger partial charge in [-0.05, 0) is 69.4 Å². The molecule has 1 aromatic carbocycles. The highest BCUT2D eigenvalue weighted by molar-refractivity contribution is 5.95. The molecular formula is C19H23N3O3. The van der Waals surface area contributed by atoms with E-state index in [2.05, 4.69) is 17.3 Å². The molecule has 0 spiro atoms. The van der Waals surface area contributed by atoms with E-state index in [0.717, 1.165) is 31.7 Å². The number of amides is 2. The molecular weight excluding hydrogens is 318 g/mol. The van der Waals surface area contributed by atoms with Gasteiger partial charge < -0.3 is 19.5 Å². The maximum atomic E-state index is 13.1. The molecule has 2 aromatic rings. The Kier molecular flexibility index (Phi) is 5.50. The second-order valence-electron chi connectivity index (χ2n) is 6.39. The van der Waals surface area contributed by atoms with Gasteiger partial charge in [-0.3, -0.25) is 9.59 Å². The van der Waals surface area contributed by atoms with Gasteiger partial charge >= 0.3 is 0 Å². The van der Waals surface area contributed by atoms with Gasteiger partial charge in [-0.15, -0.1) is 0 Å². The van der Waals surface area contributed by atoms with Crippen LogP contribution < -0.4 is 5.32 Å². The molecule has 1 aromatic heterocycles. The third kappa shape index (κ3) is 4.28. The zero-order valence-electron chi connectivity index (χ0n) is 14.4. The average Bonchev–Trinajstić information content (AvgIpc) is 3.14. The second-order valence-corrected chi connectivity index (χ2v) is 6.39. The van der Waals surface area contributed by atoms with Crippen molar-refractivity contribution >= 4 is 18.0 Å². The topological polar surface area (TPSA) is 65.8 Å². The van der Waals surface area contributed by atoms with Crippen molar-refractivity contribution in [1.82, 2.24) is 9.80 Å². The molecule has 1 saturated heterocycles. The van der Waals surface area contributed by atoms with Crippen LogP contribution in [0.5, 0.6) is 0 Å². The van der Waals surface area contributed by atoms with E-state index in [1.54, 1.807) is 30.5 Å². The Hall–Kier alpha value is -2.60. The van der Waals surface area contributed by atoms with Gasteiger partial charge in [0.2, 0.25) is 6.41 Å². The van der Waals surface area contributed by atoms with Crippen molar-refractivity contribution in [3.05, 3.63) is 54.0 Å². The Morgan fingerprint density at radius 2 is 2.00 bits per heavy atom. The Labute approximate surface area is 147 Å². The van der Waals surface area contributed by atoms with Crippen LogP contribution in [0.4, 0.5) is 5.69 Å². The molecule has 1 N–H and O–H groups in total. The summed E-state index contributed by atoms with van der Waals surface area (Å²) in [5.41, 5.74) is 1.28. The van der Waals surface area contributed by atoms with Gasteiger partial charge in [-0.2, -0.15) is 0 Å². The Morgan fingerprint density at radius 1 is 1.28 bits per heavy atom. The average molecular weight is 341 g/mol. The number of hydrogen-bond donors (Lipinski definition) is 1. The highest BCUT2D eigenvalue weighted by Crippen LogP contribution is 2.22. The van der Waals surface area contributed by atoms with Crippen LogP contribution in [0.1, 0.15) is 29.0 Å². The molecule has 2 heterocycles. The summed E-state index contributed by atoms with van der Waals surface area (Å²) >= 11 is 0. The van der Waals surface area contributed by atoms with Crippen LogP contribution >= 0.6 is 0 Å². The molecule has 2 amide bonds. The van der Waals surface area contributed by atoms with E-state index < -0.39 is 0 Å². The Balaban J connectivity index is 1.79. The molecule has 6 heteroatoms. The first kappa shape index (κ1) is 17.2. The molecule has 0 aliphatic carbocycles. The van der Waals surface area contributed by atoms with Crippen LogP contribution in [-0.4, -0.2) is 48.3 Å². The predicted molar refractivity (Wildman–Crippen MR) is 95.2 cm³/mol. The lowest BCUT2D eigenvalue weighted by atomic mass is 10.0. The largest absolute Gasteiger partial charge is 0.467 e. The van der Waals surface area contributed by atoms with Crippen molar-refractivity contribution in [3.8, 4) is 0 Å². The fraction of sp³-hybridized carbons (Fsp3) is 0.368. The molecule has 0 atom stereocenters. The van der Waals surface area contributed by atoms with Crippen molar-refractivity contribution < 1.29 is 14.0 Å². The minimum Gasteiger partial charge on any atom is -0.467 e. The fourth-order valence-corrected chi connectivity index (χ4v) is 3.19. The number of furan rings is 1. The fourth-order valence-electron chi connectivity index (χ4n) is 3.19. The number of carbonyl (C=O) groups excluding carboxylic acids is 2. The van der Waals surface area contributed by atoms with Gasteiger partial charge in [0.05, 0.1) is 12.8 Å². The Bertz CT molecular complexity index is 689. The van der Waals surface area contributed by atoms with E-state index in [1.165, 1.54) is 0 Å². The zero-order valence-corrected chi connectivity index (χ0v) is 14.4. The van der Waals surface area contributed by atoms with Crippen LogP contribution in [0.3, 0.4) is 0 Å². The summed E-state index contributed by atoms with van der Waals surface area (Å²) in [4.78, 5) is 27.8. The van der Waals surface area contributed by atoms with E-state index in [9.17, 15) is 9.59 Å². The van der Waals surface area contributed by atoms with Crippen LogP contribution in [-0.2, 0) is 11.3 Å². The van der Waals surface area contributed by atoms with Gasteiger partial charge in [-0.25, -0.2) is 0 Å².